The molecule has 41 heavy (non-hydrogen) atoms. The van der Waals surface area contributed by atoms with E-state index in [0.29, 0.717) is 12.0 Å². The van der Waals surface area contributed by atoms with Crippen LogP contribution in [-0.2, 0) is 47.7 Å². The van der Waals surface area contributed by atoms with Gasteiger partial charge in [0.15, 0.2) is 36.8 Å². The number of ketones is 1. The number of benzene rings is 1. The van der Waals surface area contributed by atoms with Gasteiger partial charge in [-0.1, -0.05) is 36.7 Å². The number of rotatable bonds is 15. The van der Waals surface area contributed by atoms with Crippen molar-refractivity contribution in [2.75, 3.05) is 13.2 Å². The Morgan fingerprint density at radius 1 is 0.732 bits per heavy atom. The highest BCUT2D eigenvalue weighted by Crippen LogP contribution is 2.35. The molecule has 0 radical (unpaired) electrons. The molecule has 0 aliphatic carbocycles. The molecule has 1 rings (SSSR count). The molecule has 226 valence electrons. The van der Waals surface area contributed by atoms with Crippen molar-refractivity contribution >= 4 is 58.8 Å². The van der Waals surface area contributed by atoms with Gasteiger partial charge in [0.2, 0.25) is 0 Å². The molecule has 0 spiro atoms. The van der Waals surface area contributed by atoms with E-state index in [4.69, 9.17) is 51.6 Å². The number of carbonyl (C=O) groups is 6. The first-order chi connectivity index (χ1) is 19.1. The summed E-state index contributed by atoms with van der Waals surface area (Å²) in [5.74, 6) is -5.35. The first kappa shape index (κ1) is 35.4. The number of halogens is 2. The smallest absolute Gasteiger partial charge is 0.347 e. The molecule has 0 heterocycles. The van der Waals surface area contributed by atoms with Crippen molar-refractivity contribution in [3.8, 4) is 5.75 Å². The average Bonchev–Trinajstić information content (AvgIpc) is 2.92. The van der Waals surface area contributed by atoms with Gasteiger partial charge in [0.1, 0.15) is 10.8 Å². The Hall–Kier alpha value is -3.64. The standard InChI is InChI=1S/C27H32Cl2O12/c1-8-13(3)23(31)18-10-11-19(22(29)21(18)28)37-12-20(30)38-15(5)25(33)40-17(7)27(35)41-16(6)26(34)39-14(4)24(32)36-9-2/h10-11,14-17H,3,8-9,12H2,1-2,4-7H3/t14-,15+,16-,17+/m1/s1. The van der Waals surface area contributed by atoms with E-state index in [-0.39, 0.29) is 33.7 Å². The molecule has 0 aliphatic heterocycles. The monoisotopic (exact) mass is 618 g/mol. The summed E-state index contributed by atoms with van der Waals surface area (Å²) < 4.78 is 29.7. The second-order valence-electron chi connectivity index (χ2n) is 8.44. The second kappa shape index (κ2) is 16.6. The Balaban J connectivity index is 2.60. The topological polar surface area (TPSA) is 158 Å². The van der Waals surface area contributed by atoms with Crippen molar-refractivity contribution in [2.24, 2.45) is 0 Å². The van der Waals surface area contributed by atoms with E-state index in [0.717, 1.165) is 0 Å². The van der Waals surface area contributed by atoms with Crippen LogP contribution in [0, 0.1) is 0 Å². The zero-order chi connectivity index (χ0) is 31.4. The van der Waals surface area contributed by atoms with Gasteiger partial charge in [0.25, 0.3) is 0 Å². The summed E-state index contributed by atoms with van der Waals surface area (Å²) in [7, 11) is 0. The van der Waals surface area contributed by atoms with Gasteiger partial charge in [-0.15, -0.1) is 0 Å². The highest BCUT2D eigenvalue weighted by atomic mass is 35.5. The second-order valence-corrected chi connectivity index (χ2v) is 9.19. The van der Waals surface area contributed by atoms with Crippen LogP contribution in [0.2, 0.25) is 10.0 Å². The van der Waals surface area contributed by atoms with Gasteiger partial charge in [0, 0.05) is 5.56 Å². The lowest BCUT2D eigenvalue weighted by atomic mass is 10.0. The summed E-state index contributed by atoms with van der Waals surface area (Å²) in [6.45, 7) is 11.3. The summed E-state index contributed by atoms with van der Waals surface area (Å²) in [6, 6.07) is 2.72. The molecule has 0 amide bonds. The van der Waals surface area contributed by atoms with E-state index < -0.39 is 60.9 Å². The van der Waals surface area contributed by atoms with Crippen molar-refractivity contribution in [1.29, 1.82) is 0 Å². The molecular formula is C27H32Cl2O12. The summed E-state index contributed by atoms with van der Waals surface area (Å²) in [5.41, 5.74) is 0.460. The minimum absolute atomic E-state index is 0.0110. The van der Waals surface area contributed by atoms with E-state index >= 15 is 0 Å². The van der Waals surface area contributed by atoms with Gasteiger partial charge >= 0.3 is 29.8 Å². The minimum atomic E-state index is -1.48. The molecule has 14 heteroatoms. The van der Waals surface area contributed by atoms with Crippen LogP contribution in [0.1, 0.15) is 58.3 Å². The van der Waals surface area contributed by atoms with Crippen molar-refractivity contribution in [3.63, 3.8) is 0 Å². The number of Topliss-reactive ketones (excluding diaryl/α,β-unsaturated/α-hetero) is 1. The number of hydrogen-bond acceptors (Lipinski definition) is 12. The molecule has 0 bridgehead atoms. The lowest BCUT2D eigenvalue weighted by Gasteiger charge is -2.19. The van der Waals surface area contributed by atoms with Crippen molar-refractivity contribution in [1.82, 2.24) is 0 Å². The van der Waals surface area contributed by atoms with Crippen molar-refractivity contribution in [3.05, 3.63) is 39.9 Å². The maximum absolute atomic E-state index is 12.3. The van der Waals surface area contributed by atoms with Crippen LogP contribution in [0.5, 0.6) is 5.75 Å². The lowest BCUT2D eigenvalue weighted by molar-refractivity contribution is -0.185. The van der Waals surface area contributed by atoms with Crippen molar-refractivity contribution in [2.45, 2.75) is 72.4 Å². The Bertz CT molecular complexity index is 1180. The highest BCUT2D eigenvalue weighted by Gasteiger charge is 2.30. The van der Waals surface area contributed by atoms with E-state index in [1.54, 1.807) is 13.8 Å². The van der Waals surface area contributed by atoms with Gasteiger partial charge in [0.05, 0.1) is 11.6 Å². The Kier molecular flexibility index (Phi) is 14.3. The third kappa shape index (κ3) is 10.7. The van der Waals surface area contributed by atoms with Crippen LogP contribution < -0.4 is 4.74 Å². The van der Waals surface area contributed by atoms with Gasteiger partial charge in [-0.25, -0.2) is 24.0 Å². The van der Waals surface area contributed by atoms with Crippen LogP contribution in [0.4, 0.5) is 0 Å². The third-order valence-corrected chi connectivity index (χ3v) is 6.05. The SMILES string of the molecule is C=C(CC)C(=O)c1ccc(OCC(=O)O[C@@H](C)C(=O)O[C@@H](C)C(=O)O[C@H](C)C(=O)O[C@H](C)C(=O)OCC)c(Cl)c1Cl. The Morgan fingerprint density at radius 2 is 1.20 bits per heavy atom. The van der Waals surface area contributed by atoms with E-state index in [2.05, 4.69) is 6.58 Å². The Morgan fingerprint density at radius 3 is 1.66 bits per heavy atom. The van der Waals surface area contributed by atoms with Crippen LogP contribution in [0.25, 0.3) is 0 Å². The summed E-state index contributed by atoms with van der Waals surface area (Å²) in [6.07, 6.45) is -5.16. The van der Waals surface area contributed by atoms with Crippen LogP contribution in [0.15, 0.2) is 24.3 Å². The van der Waals surface area contributed by atoms with Crippen LogP contribution in [-0.4, -0.2) is 73.3 Å². The zero-order valence-electron chi connectivity index (χ0n) is 23.4. The number of ether oxygens (including phenoxy) is 6. The molecule has 4 atom stereocenters. The van der Waals surface area contributed by atoms with Gasteiger partial charge < -0.3 is 28.4 Å². The predicted octanol–water partition coefficient (Wildman–Crippen LogP) is 3.81. The molecule has 1 aromatic rings. The molecule has 0 unspecified atom stereocenters. The zero-order valence-corrected chi connectivity index (χ0v) is 25.0. The normalized spacial score (nSPS) is 13.5. The first-order valence-electron chi connectivity index (χ1n) is 12.4. The van der Waals surface area contributed by atoms with E-state index in [9.17, 15) is 28.8 Å². The molecule has 0 saturated carbocycles. The number of carbonyl (C=O) groups excluding carboxylic acids is 6. The highest BCUT2D eigenvalue weighted by molar-refractivity contribution is 6.45. The molecule has 0 aromatic heterocycles. The van der Waals surface area contributed by atoms with Gasteiger partial charge in [-0.05, 0) is 58.7 Å². The maximum Gasteiger partial charge on any atom is 0.347 e. The quantitative estimate of drug-likeness (QED) is 0.121. The number of allylic oxidation sites excluding steroid dienone is 1. The van der Waals surface area contributed by atoms with Gasteiger partial charge in [-0.2, -0.15) is 0 Å². The largest absolute Gasteiger partial charge is 0.480 e. The molecular weight excluding hydrogens is 587 g/mol. The minimum Gasteiger partial charge on any atom is -0.480 e. The summed E-state index contributed by atoms with van der Waals surface area (Å²) in [5, 5.41) is -0.187. The first-order valence-corrected chi connectivity index (χ1v) is 13.2. The molecule has 0 aliphatic rings. The molecule has 0 fully saturated rings. The maximum atomic E-state index is 12.3. The van der Waals surface area contributed by atoms with Crippen molar-refractivity contribution < 1.29 is 57.2 Å². The lowest BCUT2D eigenvalue weighted by Crippen LogP contribution is -2.37. The summed E-state index contributed by atoms with van der Waals surface area (Å²) in [4.78, 5) is 72.6. The molecule has 12 nitrogen and oxygen atoms in total. The fourth-order valence-electron chi connectivity index (χ4n) is 2.80. The van der Waals surface area contributed by atoms with Crippen LogP contribution >= 0.6 is 23.2 Å². The van der Waals surface area contributed by atoms with Crippen LogP contribution in [0.3, 0.4) is 0 Å². The molecule has 1 aromatic carbocycles. The molecule has 0 saturated heterocycles. The number of esters is 5. The van der Waals surface area contributed by atoms with Gasteiger partial charge in [-0.3, -0.25) is 4.79 Å². The van der Waals surface area contributed by atoms with E-state index in [1.807, 2.05) is 0 Å². The number of hydrogen-bond donors (Lipinski definition) is 0. The third-order valence-electron chi connectivity index (χ3n) is 5.19. The predicted molar refractivity (Wildman–Crippen MR) is 145 cm³/mol. The van der Waals surface area contributed by atoms with E-state index in [1.165, 1.54) is 39.8 Å². The fourth-order valence-corrected chi connectivity index (χ4v) is 3.26. The summed E-state index contributed by atoms with van der Waals surface area (Å²) >= 11 is 12.3. The fraction of sp³-hybridized carbons (Fsp3) is 0.481. The average molecular weight is 619 g/mol. The molecule has 0 N–H and O–H groups in total. The Labute approximate surface area is 247 Å².